The van der Waals surface area contributed by atoms with Gasteiger partial charge in [-0.1, -0.05) is 40.8 Å². The van der Waals surface area contributed by atoms with Crippen LogP contribution in [0.1, 0.15) is 12.0 Å². The van der Waals surface area contributed by atoms with Crippen LogP contribution in [-0.2, 0) is 6.42 Å². The number of hydrogen-bond acceptors (Lipinski definition) is 2. The Kier molecular flexibility index (Phi) is 4.78. The van der Waals surface area contributed by atoms with Gasteiger partial charge in [0.05, 0.1) is 0 Å². The molecule has 82 valence electrons. The zero-order valence-corrected chi connectivity index (χ0v) is 11.7. The number of halogens is 1. The maximum absolute atomic E-state index is 3.54. The second-order valence-corrected chi connectivity index (χ2v) is 6.22. The molecule has 1 heterocycles. The molecule has 0 amide bonds. The lowest BCUT2D eigenvalue weighted by molar-refractivity contribution is 0.658. The highest BCUT2D eigenvalue weighted by atomic mass is 127. The molecule has 1 atom stereocenters. The first-order valence-electron chi connectivity index (χ1n) is 5.41. The van der Waals surface area contributed by atoms with Gasteiger partial charge < -0.3 is 5.32 Å². The smallest absolute Gasteiger partial charge is 0.0260 e. The average molecular weight is 333 g/mol. The Balaban J connectivity index is 1.76. The van der Waals surface area contributed by atoms with Crippen LogP contribution in [0.15, 0.2) is 29.2 Å². The Morgan fingerprint density at radius 2 is 2.27 bits per heavy atom. The van der Waals surface area contributed by atoms with E-state index in [2.05, 4.69) is 52.2 Å². The van der Waals surface area contributed by atoms with Crippen LogP contribution in [0.25, 0.3) is 0 Å². The zero-order chi connectivity index (χ0) is 10.5. The first-order valence-corrected chi connectivity index (χ1v) is 7.82. The Labute approximate surface area is 110 Å². The van der Waals surface area contributed by atoms with Gasteiger partial charge in [0, 0.05) is 21.1 Å². The number of benzene rings is 1. The second-order valence-electron chi connectivity index (χ2n) is 3.80. The van der Waals surface area contributed by atoms with Crippen molar-refractivity contribution in [3.8, 4) is 0 Å². The van der Waals surface area contributed by atoms with E-state index in [9.17, 15) is 0 Å². The van der Waals surface area contributed by atoms with Crippen LogP contribution >= 0.6 is 34.4 Å². The van der Waals surface area contributed by atoms with Gasteiger partial charge in [-0.15, -0.1) is 11.8 Å². The van der Waals surface area contributed by atoms with E-state index in [1.807, 2.05) is 11.8 Å². The number of hydrogen-bond donors (Lipinski definition) is 1. The molecule has 1 aromatic carbocycles. The van der Waals surface area contributed by atoms with Gasteiger partial charge in [-0.3, -0.25) is 0 Å². The number of fused-ring (bicyclic) bond motifs is 1. The van der Waals surface area contributed by atoms with E-state index in [-0.39, 0.29) is 0 Å². The maximum atomic E-state index is 3.54. The van der Waals surface area contributed by atoms with Crippen LogP contribution in [0.3, 0.4) is 0 Å². The van der Waals surface area contributed by atoms with Crippen LogP contribution in [0, 0.1) is 0 Å². The normalized spacial score (nSPS) is 19.1. The van der Waals surface area contributed by atoms with E-state index in [4.69, 9.17) is 0 Å². The highest BCUT2D eigenvalue weighted by Crippen LogP contribution is 2.36. The number of thioether (sulfide) groups is 1. The summed E-state index contributed by atoms with van der Waals surface area (Å²) in [6.45, 7) is 2.31. The molecular formula is C12H16INS. The van der Waals surface area contributed by atoms with Crippen molar-refractivity contribution in [2.45, 2.75) is 23.0 Å². The highest BCUT2D eigenvalue weighted by molar-refractivity contribution is 14.1. The van der Waals surface area contributed by atoms with Crippen molar-refractivity contribution < 1.29 is 0 Å². The van der Waals surface area contributed by atoms with Crippen molar-refractivity contribution in [3.63, 3.8) is 0 Å². The van der Waals surface area contributed by atoms with Crippen molar-refractivity contribution >= 4 is 34.4 Å². The minimum absolute atomic E-state index is 0.747. The molecule has 1 N–H and O–H groups in total. The van der Waals surface area contributed by atoms with Crippen molar-refractivity contribution in [2.24, 2.45) is 0 Å². The molecule has 3 heteroatoms. The summed E-state index contributed by atoms with van der Waals surface area (Å²) in [7, 11) is 0. The van der Waals surface area contributed by atoms with Gasteiger partial charge >= 0.3 is 0 Å². The summed E-state index contributed by atoms with van der Waals surface area (Å²) >= 11 is 4.46. The molecule has 0 bridgehead atoms. The molecule has 1 aliphatic rings. The van der Waals surface area contributed by atoms with Gasteiger partial charge in [-0.2, -0.15) is 0 Å². The molecule has 0 saturated carbocycles. The number of rotatable bonds is 5. The molecule has 1 aromatic rings. The lowest BCUT2D eigenvalue weighted by Crippen LogP contribution is -2.25. The Morgan fingerprint density at radius 3 is 3.07 bits per heavy atom. The molecule has 1 nitrogen and oxygen atoms in total. The maximum Gasteiger partial charge on any atom is 0.0260 e. The summed E-state index contributed by atoms with van der Waals surface area (Å²) < 4.78 is 1.25. The molecule has 2 rings (SSSR count). The summed E-state index contributed by atoms with van der Waals surface area (Å²) in [6, 6.07) is 8.78. The summed E-state index contributed by atoms with van der Waals surface area (Å²) in [5, 5.41) is 4.28. The van der Waals surface area contributed by atoms with Crippen LogP contribution in [-0.4, -0.2) is 22.8 Å². The molecule has 0 spiro atoms. The molecule has 0 saturated heterocycles. The fourth-order valence-electron chi connectivity index (χ4n) is 1.82. The van der Waals surface area contributed by atoms with Gasteiger partial charge in [0.1, 0.15) is 0 Å². The third-order valence-corrected chi connectivity index (χ3v) is 4.65. The fraction of sp³-hybridized carbons (Fsp3) is 0.500. The third-order valence-electron chi connectivity index (χ3n) is 2.57. The largest absolute Gasteiger partial charge is 0.316 e. The second kappa shape index (κ2) is 6.11. The number of alkyl halides is 1. The van der Waals surface area contributed by atoms with Crippen LogP contribution < -0.4 is 5.32 Å². The van der Waals surface area contributed by atoms with Crippen LogP contribution in [0.2, 0.25) is 0 Å². The van der Waals surface area contributed by atoms with Crippen molar-refractivity contribution in [1.82, 2.24) is 5.32 Å². The van der Waals surface area contributed by atoms with Gasteiger partial charge in [0.2, 0.25) is 0 Å². The molecule has 0 fully saturated rings. The van der Waals surface area contributed by atoms with E-state index >= 15 is 0 Å². The highest BCUT2D eigenvalue weighted by Gasteiger charge is 2.20. The number of nitrogens with one attached hydrogen (secondary N) is 1. The zero-order valence-electron chi connectivity index (χ0n) is 8.71. The fourth-order valence-corrected chi connectivity index (χ4v) is 3.49. The average Bonchev–Trinajstić information content (AvgIpc) is 2.67. The standard InChI is InChI=1S/C12H16INS/c13-6-3-7-14-9-11-8-10-4-1-2-5-12(10)15-11/h1-2,4-5,11,14H,3,6-9H2. The molecule has 15 heavy (non-hydrogen) atoms. The minimum atomic E-state index is 0.747. The predicted octanol–water partition coefficient (Wildman–Crippen LogP) is 3.12. The first-order chi connectivity index (χ1) is 7.40. The van der Waals surface area contributed by atoms with E-state index in [0.29, 0.717) is 0 Å². The molecule has 0 aromatic heterocycles. The van der Waals surface area contributed by atoms with E-state index in [1.165, 1.54) is 27.7 Å². The van der Waals surface area contributed by atoms with Crippen LogP contribution in [0.5, 0.6) is 0 Å². The molecule has 1 unspecified atom stereocenters. The van der Waals surface area contributed by atoms with Gasteiger partial charge in [0.15, 0.2) is 0 Å². The lowest BCUT2D eigenvalue weighted by atomic mass is 10.1. The monoisotopic (exact) mass is 333 g/mol. The minimum Gasteiger partial charge on any atom is -0.316 e. The van der Waals surface area contributed by atoms with Crippen molar-refractivity contribution in [1.29, 1.82) is 0 Å². The summed E-state index contributed by atoms with van der Waals surface area (Å²) in [6.07, 6.45) is 2.52. The summed E-state index contributed by atoms with van der Waals surface area (Å²) in [4.78, 5) is 1.48. The van der Waals surface area contributed by atoms with E-state index in [0.717, 1.165) is 18.3 Å². The van der Waals surface area contributed by atoms with Crippen molar-refractivity contribution in [3.05, 3.63) is 29.8 Å². The predicted molar refractivity (Wildman–Crippen MR) is 76.2 cm³/mol. The van der Waals surface area contributed by atoms with E-state index in [1.54, 1.807) is 0 Å². The first kappa shape index (κ1) is 11.7. The topological polar surface area (TPSA) is 12.0 Å². The Morgan fingerprint density at radius 1 is 1.40 bits per heavy atom. The molecular weight excluding hydrogens is 317 g/mol. The Bertz CT molecular complexity index is 291. The van der Waals surface area contributed by atoms with Crippen molar-refractivity contribution in [2.75, 3.05) is 17.5 Å². The van der Waals surface area contributed by atoms with Gasteiger partial charge in [0.25, 0.3) is 0 Å². The summed E-state index contributed by atoms with van der Waals surface area (Å²) in [5.41, 5.74) is 1.53. The van der Waals surface area contributed by atoms with Gasteiger partial charge in [-0.25, -0.2) is 0 Å². The van der Waals surface area contributed by atoms with Crippen LogP contribution in [0.4, 0.5) is 0 Å². The van der Waals surface area contributed by atoms with E-state index < -0.39 is 0 Å². The summed E-state index contributed by atoms with van der Waals surface area (Å²) in [5.74, 6) is 0. The quantitative estimate of drug-likeness (QED) is 0.505. The third kappa shape index (κ3) is 3.36. The Hall–Kier alpha value is 0.260. The molecule has 0 radical (unpaired) electrons. The van der Waals surface area contributed by atoms with Gasteiger partial charge in [-0.05, 0) is 31.0 Å². The molecule has 0 aliphatic carbocycles. The molecule has 1 aliphatic heterocycles. The SMILES string of the molecule is ICCCNCC1Cc2ccccc2S1. The lowest BCUT2D eigenvalue weighted by Gasteiger charge is -2.09.